The van der Waals surface area contributed by atoms with Crippen molar-refractivity contribution in [3.8, 4) is 5.75 Å². The number of halogens is 1. The van der Waals surface area contributed by atoms with Gasteiger partial charge in [-0.1, -0.05) is 41.9 Å². The summed E-state index contributed by atoms with van der Waals surface area (Å²) >= 11 is 6.01. The molecule has 0 spiro atoms. The van der Waals surface area contributed by atoms with E-state index in [4.69, 9.17) is 25.9 Å². The quantitative estimate of drug-likeness (QED) is 0.341. The molecule has 0 unspecified atom stereocenters. The maximum Gasteiger partial charge on any atom is 0.335 e. The first kappa shape index (κ1) is 20.8. The molecule has 0 aliphatic heterocycles. The van der Waals surface area contributed by atoms with Crippen molar-refractivity contribution < 1.29 is 19.1 Å². The van der Waals surface area contributed by atoms with Crippen LogP contribution in [0, 0.1) is 0 Å². The van der Waals surface area contributed by atoms with Gasteiger partial charge in [-0.25, -0.2) is 4.79 Å². The van der Waals surface area contributed by atoms with Gasteiger partial charge in [0.05, 0.1) is 12.2 Å². The zero-order chi connectivity index (χ0) is 21.6. The minimum atomic E-state index is -0.976. The largest absolute Gasteiger partial charge is 0.494 e. The van der Waals surface area contributed by atoms with E-state index < -0.39 is 5.97 Å². The summed E-state index contributed by atoms with van der Waals surface area (Å²) in [5, 5.41) is 9.80. The summed E-state index contributed by atoms with van der Waals surface area (Å²) in [4.78, 5) is 17.8. The highest BCUT2D eigenvalue weighted by Gasteiger charge is 2.15. The maximum absolute atomic E-state index is 11.1. The lowest BCUT2D eigenvalue weighted by Crippen LogP contribution is -2.25. The van der Waals surface area contributed by atoms with Gasteiger partial charge in [0, 0.05) is 18.1 Å². The van der Waals surface area contributed by atoms with E-state index in [-0.39, 0.29) is 5.56 Å². The Morgan fingerprint density at radius 2 is 1.87 bits per heavy atom. The van der Waals surface area contributed by atoms with E-state index in [9.17, 15) is 4.79 Å². The Morgan fingerprint density at radius 1 is 1.06 bits per heavy atom. The van der Waals surface area contributed by atoms with E-state index >= 15 is 0 Å². The van der Waals surface area contributed by atoms with Gasteiger partial charge in [-0.15, -0.1) is 0 Å². The van der Waals surface area contributed by atoms with E-state index in [2.05, 4.69) is 9.88 Å². The third-order valence-corrected chi connectivity index (χ3v) is 5.01. The molecule has 0 amide bonds. The normalized spacial score (nSPS) is 10.9. The summed E-state index contributed by atoms with van der Waals surface area (Å²) < 4.78 is 11.7. The molecule has 6 nitrogen and oxygen atoms in total. The van der Waals surface area contributed by atoms with E-state index in [1.807, 2.05) is 48.5 Å². The molecule has 0 radical (unpaired) electrons. The average Bonchev–Trinajstić information content (AvgIpc) is 3.21. The molecule has 0 bridgehead atoms. The van der Waals surface area contributed by atoms with Crippen LogP contribution in [-0.2, 0) is 6.54 Å². The Kier molecular flexibility index (Phi) is 6.38. The molecule has 158 valence electrons. The summed E-state index contributed by atoms with van der Waals surface area (Å²) in [7, 11) is 0. The molecule has 3 aromatic carbocycles. The number of nitrogens with zero attached hydrogens (tertiary/aromatic N) is 2. The van der Waals surface area contributed by atoms with Crippen LogP contribution in [0.4, 0.5) is 6.01 Å². The van der Waals surface area contributed by atoms with Crippen molar-refractivity contribution in [1.29, 1.82) is 0 Å². The number of aromatic carboxylic acids is 1. The Hall–Kier alpha value is -3.51. The maximum atomic E-state index is 11.1. The fraction of sp³-hybridized carbons (Fsp3) is 0.167. The molecule has 0 saturated heterocycles. The van der Waals surface area contributed by atoms with Gasteiger partial charge < -0.3 is 19.2 Å². The minimum Gasteiger partial charge on any atom is -0.494 e. The summed E-state index contributed by atoms with van der Waals surface area (Å²) in [6, 6.07) is 22.4. The third kappa shape index (κ3) is 5.35. The first-order chi connectivity index (χ1) is 15.1. The zero-order valence-electron chi connectivity index (χ0n) is 16.7. The molecular formula is C24H21ClN2O4. The number of benzene rings is 3. The minimum absolute atomic E-state index is 0.202. The fourth-order valence-electron chi connectivity index (χ4n) is 3.21. The molecule has 1 aromatic heterocycles. The number of carboxylic acid groups (broad SMARTS) is 1. The number of carboxylic acids is 1. The van der Waals surface area contributed by atoms with Crippen molar-refractivity contribution in [2.75, 3.05) is 18.1 Å². The summed E-state index contributed by atoms with van der Waals surface area (Å²) in [5.74, 6) is -0.443. The van der Waals surface area contributed by atoms with Crippen LogP contribution in [0.5, 0.6) is 5.75 Å². The van der Waals surface area contributed by atoms with E-state index in [1.165, 1.54) is 12.1 Å². The summed E-state index contributed by atoms with van der Waals surface area (Å²) in [6.07, 6.45) is 0.698. The molecule has 7 heteroatoms. The van der Waals surface area contributed by atoms with Crippen molar-refractivity contribution in [3.05, 3.63) is 88.9 Å². The summed E-state index contributed by atoms with van der Waals surface area (Å²) in [5.41, 5.74) is 2.83. The van der Waals surface area contributed by atoms with Gasteiger partial charge in [-0.3, -0.25) is 0 Å². The standard InChI is InChI=1S/C24H21ClN2O4/c25-19-11-9-17(10-12-19)16-27(24-26-21-7-1-2-8-22(21)31-24)13-4-14-30-20-6-3-5-18(15-20)23(28)29/h1-3,5-12,15H,4,13-14,16H2,(H,28,29). The van der Waals surface area contributed by atoms with Crippen LogP contribution >= 0.6 is 11.6 Å². The van der Waals surface area contributed by atoms with Crippen LogP contribution in [0.3, 0.4) is 0 Å². The Morgan fingerprint density at radius 3 is 2.65 bits per heavy atom. The van der Waals surface area contributed by atoms with Crippen molar-refractivity contribution in [2.45, 2.75) is 13.0 Å². The number of carbonyl (C=O) groups is 1. The number of aromatic nitrogens is 1. The van der Waals surface area contributed by atoms with Crippen molar-refractivity contribution in [2.24, 2.45) is 0 Å². The lowest BCUT2D eigenvalue weighted by molar-refractivity contribution is 0.0696. The van der Waals surface area contributed by atoms with Crippen LogP contribution in [-0.4, -0.2) is 29.2 Å². The van der Waals surface area contributed by atoms with Crippen LogP contribution < -0.4 is 9.64 Å². The monoisotopic (exact) mass is 436 g/mol. The predicted molar refractivity (Wildman–Crippen MR) is 120 cm³/mol. The molecule has 4 aromatic rings. The van der Waals surface area contributed by atoms with Crippen LogP contribution in [0.2, 0.25) is 5.02 Å². The number of hydrogen-bond acceptors (Lipinski definition) is 5. The van der Waals surface area contributed by atoms with E-state index in [0.717, 1.165) is 16.7 Å². The van der Waals surface area contributed by atoms with Crippen molar-refractivity contribution in [3.63, 3.8) is 0 Å². The number of ether oxygens (including phenoxy) is 1. The first-order valence-corrected chi connectivity index (χ1v) is 10.3. The van der Waals surface area contributed by atoms with Gasteiger partial charge in [-0.05, 0) is 54.4 Å². The third-order valence-electron chi connectivity index (χ3n) is 4.76. The van der Waals surface area contributed by atoms with Gasteiger partial charge in [0.1, 0.15) is 11.3 Å². The first-order valence-electron chi connectivity index (χ1n) is 9.89. The Balaban J connectivity index is 1.44. The number of para-hydroxylation sites is 2. The molecule has 1 heterocycles. The number of anilines is 1. The van der Waals surface area contributed by atoms with Gasteiger partial charge in [0.25, 0.3) is 6.01 Å². The van der Waals surface area contributed by atoms with E-state index in [1.54, 1.807) is 12.1 Å². The zero-order valence-corrected chi connectivity index (χ0v) is 17.5. The highest BCUT2D eigenvalue weighted by Crippen LogP contribution is 2.24. The van der Waals surface area contributed by atoms with Crippen LogP contribution in [0.25, 0.3) is 11.1 Å². The van der Waals surface area contributed by atoms with Gasteiger partial charge >= 0.3 is 5.97 Å². The topological polar surface area (TPSA) is 75.8 Å². The highest BCUT2D eigenvalue weighted by atomic mass is 35.5. The molecular weight excluding hydrogens is 416 g/mol. The lowest BCUT2D eigenvalue weighted by Gasteiger charge is -2.21. The van der Waals surface area contributed by atoms with Crippen molar-refractivity contribution >= 4 is 34.7 Å². The molecule has 31 heavy (non-hydrogen) atoms. The predicted octanol–water partition coefficient (Wildman–Crippen LogP) is 5.66. The summed E-state index contributed by atoms with van der Waals surface area (Å²) in [6.45, 7) is 1.69. The number of hydrogen-bond donors (Lipinski definition) is 1. The molecule has 1 N–H and O–H groups in total. The lowest BCUT2D eigenvalue weighted by atomic mass is 10.2. The van der Waals surface area contributed by atoms with Gasteiger partial charge in [-0.2, -0.15) is 4.98 Å². The average molecular weight is 437 g/mol. The molecule has 4 rings (SSSR count). The SMILES string of the molecule is O=C(O)c1cccc(OCCCN(Cc2ccc(Cl)cc2)c2nc3ccccc3o2)c1. The van der Waals surface area contributed by atoms with Crippen LogP contribution in [0.15, 0.2) is 77.2 Å². The molecule has 0 atom stereocenters. The smallest absolute Gasteiger partial charge is 0.335 e. The number of rotatable bonds is 9. The Bertz CT molecular complexity index is 1140. The van der Waals surface area contributed by atoms with Gasteiger partial charge in [0.15, 0.2) is 5.58 Å². The number of oxazole rings is 1. The molecule has 0 aliphatic rings. The van der Waals surface area contributed by atoms with Gasteiger partial charge in [0.2, 0.25) is 0 Å². The Labute approximate surface area is 184 Å². The molecule has 0 saturated carbocycles. The number of fused-ring (bicyclic) bond motifs is 1. The molecule has 0 aliphatic carbocycles. The second-order valence-electron chi connectivity index (χ2n) is 7.05. The second kappa shape index (κ2) is 9.53. The van der Waals surface area contributed by atoms with Crippen molar-refractivity contribution in [1.82, 2.24) is 4.98 Å². The highest BCUT2D eigenvalue weighted by molar-refractivity contribution is 6.30. The van der Waals surface area contributed by atoms with E-state index in [0.29, 0.717) is 42.9 Å². The second-order valence-corrected chi connectivity index (χ2v) is 7.48. The molecule has 0 fully saturated rings. The fourth-order valence-corrected chi connectivity index (χ4v) is 3.34. The van der Waals surface area contributed by atoms with Crippen LogP contribution in [0.1, 0.15) is 22.3 Å².